The first-order chi connectivity index (χ1) is 11.7. The molecule has 128 valence electrons. The summed E-state index contributed by atoms with van der Waals surface area (Å²) in [7, 11) is 0. The van der Waals surface area contributed by atoms with E-state index >= 15 is 0 Å². The Balaban J connectivity index is 1.66. The molecule has 0 spiro atoms. The Morgan fingerprint density at radius 1 is 1.08 bits per heavy atom. The topological polar surface area (TPSA) is 80.6 Å². The van der Waals surface area contributed by atoms with Gasteiger partial charge in [-0.15, -0.1) is 0 Å². The van der Waals surface area contributed by atoms with Crippen molar-refractivity contribution in [3.05, 3.63) is 54.0 Å². The number of amides is 2. The number of carbonyl (C=O) groups excluding carboxylic acids is 2. The summed E-state index contributed by atoms with van der Waals surface area (Å²) in [5, 5.41) is 5.45. The number of nitrogens with one attached hydrogen (secondary N) is 2. The fourth-order valence-electron chi connectivity index (χ4n) is 2.22. The summed E-state index contributed by atoms with van der Waals surface area (Å²) in [5.41, 5.74) is 1.01. The van der Waals surface area contributed by atoms with Gasteiger partial charge in [0.2, 0.25) is 5.91 Å². The molecule has 0 saturated carbocycles. The third-order valence-electron chi connectivity index (χ3n) is 3.37. The largest absolute Gasteiger partial charge is 0.494 e. The predicted octanol–water partition coefficient (Wildman–Crippen LogP) is 2.16. The molecule has 6 nitrogen and oxygen atoms in total. The molecule has 1 heterocycles. The van der Waals surface area contributed by atoms with E-state index in [1.807, 2.05) is 31.2 Å². The number of aryl methyl sites for hydroxylation is 1. The molecule has 0 radical (unpaired) electrons. The second kappa shape index (κ2) is 9.39. The molecule has 0 atom stereocenters. The van der Waals surface area contributed by atoms with E-state index in [0.29, 0.717) is 32.5 Å². The normalized spacial score (nSPS) is 10.2. The predicted molar refractivity (Wildman–Crippen MR) is 90.0 cm³/mol. The van der Waals surface area contributed by atoms with E-state index in [1.54, 1.807) is 12.1 Å². The standard InChI is InChI=1S/C18H22N2O4/c1-2-23-15-7-4-3-6-14(15)9-10-17(21)19-11-12-20-18(22)16-8-5-13-24-16/h3-8,13H,2,9-12H2,1H3,(H,19,21)(H,20,22). The van der Waals surface area contributed by atoms with Crippen LogP contribution in [0.2, 0.25) is 0 Å². The van der Waals surface area contributed by atoms with Crippen molar-refractivity contribution in [3.8, 4) is 5.75 Å². The minimum absolute atomic E-state index is 0.0615. The van der Waals surface area contributed by atoms with Crippen LogP contribution in [0.5, 0.6) is 5.75 Å². The maximum atomic E-state index is 11.9. The number of carbonyl (C=O) groups is 2. The molecule has 6 heteroatoms. The Bertz CT molecular complexity index is 653. The number of para-hydroxylation sites is 1. The number of benzene rings is 1. The van der Waals surface area contributed by atoms with Crippen LogP contribution in [-0.4, -0.2) is 31.5 Å². The first-order valence-corrected chi connectivity index (χ1v) is 7.99. The second-order valence-corrected chi connectivity index (χ2v) is 5.12. The molecule has 0 unspecified atom stereocenters. The fourth-order valence-corrected chi connectivity index (χ4v) is 2.22. The van der Waals surface area contributed by atoms with Gasteiger partial charge in [-0.3, -0.25) is 9.59 Å². The maximum Gasteiger partial charge on any atom is 0.287 e. The summed E-state index contributed by atoms with van der Waals surface area (Å²) in [4.78, 5) is 23.5. The van der Waals surface area contributed by atoms with Crippen LogP contribution in [0.3, 0.4) is 0 Å². The van der Waals surface area contributed by atoms with Crippen LogP contribution in [0.15, 0.2) is 47.1 Å². The first kappa shape index (κ1) is 17.6. The van der Waals surface area contributed by atoms with Crippen molar-refractivity contribution in [1.82, 2.24) is 10.6 Å². The lowest BCUT2D eigenvalue weighted by molar-refractivity contribution is -0.121. The molecule has 1 aromatic heterocycles. The van der Waals surface area contributed by atoms with Crippen LogP contribution in [0.1, 0.15) is 29.5 Å². The molecule has 1 aromatic carbocycles. The zero-order chi connectivity index (χ0) is 17.2. The van der Waals surface area contributed by atoms with Gasteiger partial charge in [0.25, 0.3) is 5.91 Å². The lowest BCUT2D eigenvalue weighted by atomic mass is 10.1. The average molecular weight is 330 g/mol. The van der Waals surface area contributed by atoms with Crippen molar-refractivity contribution in [2.24, 2.45) is 0 Å². The lowest BCUT2D eigenvalue weighted by Crippen LogP contribution is -2.34. The number of furan rings is 1. The van der Waals surface area contributed by atoms with Gasteiger partial charge < -0.3 is 19.8 Å². The van der Waals surface area contributed by atoms with Crippen molar-refractivity contribution < 1.29 is 18.7 Å². The highest BCUT2D eigenvalue weighted by Gasteiger charge is 2.08. The number of rotatable bonds is 9. The molecule has 2 aromatic rings. The van der Waals surface area contributed by atoms with Crippen LogP contribution in [-0.2, 0) is 11.2 Å². The van der Waals surface area contributed by atoms with E-state index in [0.717, 1.165) is 11.3 Å². The van der Waals surface area contributed by atoms with Crippen LogP contribution in [0.25, 0.3) is 0 Å². The van der Waals surface area contributed by atoms with E-state index in [-0.39, 0.29) is 17.6 Å². The molecule has 0 aliphatic carbocycles. The van der Waals surface area contributed by atoms with Crippen molar-refractivity contribution in [2.45, 2.75) is 19.8 Å². The molecule has 0 fully saturated rings. The smallest absolute Gasteiger partial charge is 0.287 e. The molecule has 0 saturated heterocycles. The van der Waals surface area contributed by atoms with E-state index in [2.05, 4.69) is 10.6 Å². The van der Waals surface area contributed by atoms with Crippen molar-refractivity contribution in [3.63, 3.8) is 0 Å². The summed E-state index contributed by atoms with van der Waals surface area (Å²) in [6, 6.07) is 10.9. The monoisotopic (exact) mass is 330 g/mol. The Morgan fingerprint density at radius 2 is 1.88 bits per heavy atom. The van der Waals surface area contributed by atoms with Crippen LogP contribution in [0, 0.1) is 0 Å². The number of hydrogen-bond donors (Lipinski definition) is 2. The van der Waals surface area contributed by atoms with Gasteiger partial charge in [-0.05, 0) is 37.1 Å². The van der Waals surface area contributed by atoms with E-state index < -0.39 is 0 Å². The highest BCUT2D eigenvalue weighted by Crippen LogP contribution is 2.19. The van der Waals surface area contributed by atoms with Crippen molar-refractivity contribution in [1.29, 1.82) is 0 Å². The second-order valence-electron chi connectivity index (χ2n) is 5.12. The Labute approximate surface area is 141 Å². The van der Waals surface area contributed by atoms with Gasteiger partial charge in [-0.1, -0.05) is 18.2 Å². The molecule has 0 bridgehead atoms. The van der Waals surface area contributed by atoms with Crippen molar-refractivity contribution >= 4 is 11.8 Å². The van der Waals surface area contributed by atoms with Gasteiger partial charge in [0, 0.05) is 19.5 Å². The van der Waals surface area contributed by atoms with Gasteiger partial charge >= 0.3 is 0 Å². The third kappa shape index (κ3) is 5.46. The summed E-state index contributed by atoms with van der Waals surface area (Å²) in [5.74, 6) is 0.723. The molecule has 2 rings (SSSR count). The van der Waals surface area contributed by atoms with Gasteiger partial charge in [0.1, 0.15) is 5.75 Å². The summed E-state index contributed by atoms with van der Waals surface area (Å²) < 4.78 is 10.5. The summed E-state index contributed by atoms with van der Waals surface area (Å²) in [6.07, 6.45) is 2.42. The van der Waals surface area contributed by atoms with E-state index in [1.165, 1.54) is 6.26 Å². The van der Waals surface area contributed by atoms with Gasteiger partial charge in [-0.2, -0.15) is 0 Å². The summed E-state index contributed by atoms with van der Waals surface area (Å²) >= 11 is 0. The maximum absolute atomic E-state index is 11.9. The summed E-state index contributed by atoms with van der Waals surface area (Å²) in [6.45, 7) is 3.25. The SMILES string of the molecule is CCOc1ccccc1CCC(=O)NCCNC(=O)c1ccco1. The third-order valence-corrected chi connectivity index (χ3v) is 3.37. The van der Waals surface area contributed by atoms with E-state index in [9.17, 15) is 9.59 Å². The quantitative estimate of drug-likeness (QED) is 0.691. The van der Waals surface area contributed by atoms with Crippen molar-refractivity contribution in [2.75, 3.05) is 19.7 Å². The molecule has 0 aliphatic heterocycles. The molecular weight excluding hydrogens is 308 g/mol. The lowest BCUT2D eigenvalue weighted by Gasteiger charge is -2.10. The zero-order valence-electron chi connectivity index (χ0n) is 13.7. The van der Waals surface area contributed by atoms with Gasteiger partial charge in [0.15, 0.2) is 5.76 Å². The minimum Gasteiger partial charge on any atom is -0.494 e. The molecule has 2 amide bonds. The highest BCUT2D eigenvalue weighted by molar-refractivity contribution is 5.91. The van der Waals surface area contributed by atoms with Crippen LogP contribution in [0.4, 0.5) is 0 Å². The molecule has 2 N–H and O–H groups in total. The highest BCUT2D eigenvalue weighted by atomic mass is 16.5. The van der Waals surface area contributed by atoms with E-state index in [4.69, 9.17) is 9.15 Å². The number of ether oxygens (including phenoxy) is 1. The van der Waals surface area contributed by atoms with Crippen LogP contribution >= 0.6 is 0 Å². The van der Waals surface area contributed by atoms with Gasteiger partial charge in [0.05, 0.1) is 12.9 Å². The minimum atomic E-state index is -0.292. The Morgan fingerprint density at radius 3 is 2.62 bits per heavy atom. The molecular formula is C18H22N2O4. The molecule has 0 aliphatic rings. The number of hydrogen-bond acceptors (Lipinski definition) is 4. The first-order valence-electron chi connectivity index (χ1n) is 7.99. The Hall–Kier alpha value is -2.76. The zero-order valence-corrected chi connectivity index (χ0v) is 13.7. The van der Waals surface area contributed by atoms with Gasteiger partial charge in [-0.25, -0.2) is 0 Å². The fraction of sp³-hybridized carbons (Fsp3) is 0.333. The Kier molecular flexibility index (Phi) is 6.89. The average Bonchev–Trinajstić information content (AvgIpc) is 3.13. The molecule has 24 heavy (non-hydrogen) atoms. The van der Waals surface area contributed by atoms with Crippen LogP contribution < -0.4 is 15.4 Å².